The Kier molecular flexibility index (Phi) is 3.72. The van der Waals surface area contributed by atoms with Crippen LogP contribution < -0.4 is 10.1 Å². The minimum Gasteiger partial charge on any atom is -0.457 e. The van der Waals surface area contributed by atoms with E-state index in [4.69, 9.17) is 4.74 Å². The molecule has 0 aliphatic carbocycles. The molecule has 0 saturated carbocycles. The number of hydrogen-bond donors (Lipinski definition) is 2. The Hall–Kier alpha value is -1.84. The highest BCUT2D eigenvalue weighted by Crippen LogP contribution is 2.42. The molecule has 2 aromatic rings. The lowest BCUT2D eigenvalue weighted by atomic mass is 9.94. The van der Waals surface area contributed by atoms with Crippen LogP contribution in [0.3, 0.4) is 0 Å². The van der Waals surface area contributed by atoms with Crippen LogP contribution in [0.1, 0.15) is 24.1 Å². The fourth-order valence-corrected chi connectivity index (χ4v) is 2.51. The molecule has 3 heteroatoms. The second-order valence-electron chi connectivity index (χ2n) is 5.31. The molecule has 0 fully saturated rings. The molecule has 3 rings (SSSR count). The van der Waals surface area contributed by atoms with E-state index in [1.54, 1.807) is 0 Å². The van der Waals surface area contributed by atoms with Gasteiger partial charge in [-0.1, -0.05) is 43.3 Å². The van der Waals surface area contributed by atoms with Crippen LogP contribution in [0.4, 0.5) is 0 Å². The molecule has 0 amide bonds. The average molecular weight is 269 g/mol. The van der Waals surface area contributed by atoms with Crippen molar-refractivity contribution in [2.75, 3.05) is 13.2 Å². The number of fused-ring (bicyclic) bond motifs is 2. The predicted octanol–water partition coefficient (Wildman–Crippen LogP) is 3.10. The zero-order valence-corrected chi connectivity index (χ0v) is 11.5. The third-order valence-corrected chi connectivity index (χ3v) is 3.66. The largest absolute Gasteiger partial charge is 0.457 e. The molecule has 1 aliphatic heterocycles. The first-order chi connectivity index (χ1) is 9.79. The Balaban J connectivity index is 1.95. The van der Waals surface area contributed by atoms with Crippen molar-refractivity contribution < 1.29 is 9.84 Å². The van der Waals surface area contributed by atoms with Crippen LogP contribution in [0, 0.1) is 5.92 Å². The molecule has 104 valence electrons. The minimum atomic E-state index is 0.116. The molecule has 3 nitrogen and oxygen atoms in total. The second-order valence-corrected chi connectivity index (χ2v) is 5.31. The van der Waals surface area contributed by atoms with Gasteiger partial charge in [0.05, 0.1) is 6.04 Å². The van der Waals surface area contributed by atoms with Crippen LogP contribution in [-0.2, 0) is 0 Å². The van der Waals surface area contributed by atoms with Gasteiger partial charge < -0.3 is 15.2 Å². The highest BCUT2D eigenvalue weighted by atomic mass is 16.5. The van der Waals surface area contributed by atoms with Gasteiger partial charge in [-0.3, -0.25) is 0 Å². The van der Waals surface area contributed by atoms with Crippen molar-refractivity contribution in [3.8, 4) is 11.5 Å². The fourth-order valence-electron chi connectivity index (χ4n) is 2.51. The number of rotatable bonds is 4. The number of hydrogen-bond acceptors (Lipinski definition) is 3. The molecule has 0 saturated heterocycles. The van der Waals surface area contributed by atoms with E-state index in [1.807, 2.05) is 43.3 Å². The van der Waals surface area contributed by atoms with Crippen molar-refractivity contribution in [2.45, 2.75) is 13.0 Å². The van der Waals surface area contributed by atoms with Crippen LogP contribution in [0.25, 0.3) is 0 Å². The molecule has 0 radical (unpaired) electrons. The van der Waals surface area contributed by atoms with Crippen molar-refractivity contribution in [1.29, 1.82) is 0 Å². The van der Waals surface area contributed by atoms with E-state index in [0.29, 0.717) is 0 Å². The molecule has 20 heavy (non-hydrogen) atoms. The maximum absolute atomic E-state index is 9.19. The highest BCUT2D eigenvalue weighted by molar-refractivity contribution is 5.52. The maximum Gasteiger partial charge on any atom is 0.132 e. The van der Waals surface area contributed by atoms with E-state index in [2.05, 4.69) is 17.4 Å². The van der Waals surface area contributed by atoms with Crippen LogP contribution >= 0.6 is 0 Å². The van der Waals surface area contributed by atoms with Gasteiger partial charge in [-0.25, -0.2) is 0 Å². The van der Waals surface area contributed by atoms with Crippen LogP contribution in [0.5, 0.6) is 11.5 Å². The topological polar surface area (TPSA) is 41.5 Å². The average Bonchev–Trinajstić information content (AvgIpc) is 2.51. The van der Waals surface area contributed by atoms with Gasteiger partial charge >= 0.3 is 0 Å². The number of para-hydroxylation sites is 2. The highest BCUT2D eigenvalue weighted by Gasteiger charge is 2.26. The van der Waals surface area contributed by atoms with E-state index < -0.39 is 0 Å². The Bertz CT molecular complexity index is 552. The summed E-state index contributed by atoms with van der Waals surface area (Å²) in [6.07, 6.45) is 0. The fraction of sp³-hybridized carbons (Fsp3) is 0.294. The van der Waals surface area contributed by atoms with Gasteiger partial charge in [-0.15, -0.1) is 0 Å². The van der Waals surface area contributed by atoms with Crippen molar-refractivity contribution in [3.63, 3.8) is 0 Å². The summed E-state index contributed by atoms with van der Waals surface area (Å²) >= 11 is 0. The quantitative estimate of drug-likeness (QED) is 0.896. The number of ether oxygens (including phenoxy) is 1. The van der Waals surface area contributed by atoms with Gasteiger partial charge in [-0.05, 0) is 18.1 Å². The summed E-state index contributed by atoms with van der Waals surface area (Å²) < 4.78 is 5.95. The van der Waals surface area contributed by atoms with Crippen LogP contribution in [0.2, 0.25) is 0 Å². The number of aliphatic hydroxyl groups is 1. The smallest absolute Gasteiger partial charge is 0.132 e. The molecule has 1 atom stereocenters. The van der Waals surface area contributed by atoms with E-state index >= 15 is 0 Å². The Morgan fingerprint density at radius 1 is 1.05 bits per heavy atom. The first-order valence-electron chi connectivity index (χ1n) is 6.99. The summed E-state index contributed by atoms with van der Waals surface area (Å²) in [6.45, 7) is 2.99. The van der Waals surface area contributed by atoms with Gasteiger partial charge in [0.2, 0.25) is 0 Å². The second kappa shape index (κ2) is 5.65. The van der Waals surface area contributed by atoms with E-state index in [-0.39, 0.29) is 18.6 Å². The molecular formula is C17H19NO2. The summed E-state index contributed by atoms with van der Waals surface area (Å²) in [5, 5.41) is 12.7. The molecule has 2 aromatic carbocycles. The Morgan fingerprint density at radius 3 is 2.15 bits per heavy atom. The molecule has 2 N–H and O–H groups in total. The first kappa shape index (κ1) is 13.2. The summed E-state index contributed by atoms with van der Waals surface area (Å²) in [7, 11) is 0. The molecule has 0 bridgehead atoms. The third kappa shape index (κ3) is 2.42. The molecule has 1 heterocycles. The SMILES string of the molecule is CC(CO)CNC1c2ccccc2Oc2ccccc21. The van der Waals surface area contributed by atoms with Crippen molar-refractivity contribution in [1.82, 2.24) is 5.32 Å². The summed E-state index contributed by atoms with van der Waals surface area (Å²) in [6, 6.07) is 16.3. The van der Waals surface area contributed by atoms with Gasteiger partial charge in [-0.2, -0.15) is 0 Å². The van der Waals surface area contributed by atoms with Gasteiger partial charge in [0.1, 0.15) is 11.5 Å². The monoisotopic (exact) mass is 269 g/mol. The van der Waals surface area contributed by atoms with E-state index in [1.165, 1.54) is 0 Å². The Labute approximate surface area is 119 Å². The standard InChI is InChI=1S/C17H19NO2/c1-12(11-19)10-18-17-13-6-2-4-8-15(13)20-16-9-5-3-7-14(16)17/h2-9,12,17-19H,10-11H2,1H3. The molecule has 1 aliphatic rings. The molecule has 0 spiro atoms. The van der Waals surface area contributed by atoms with Gasteiger partial charge in [0.15, 0.2) is 0 Å². The zero-order chi connectivity index (χ0) is 13.9. The van der Waals surface area contributed by atoms with E-state index in [9.17, 15) is 5.11 Å². The summed E-state index contributed by atoms with van der Waals surface area (Å²) in [4.78, 5) is 0. The number of benzene rings is 2. The molecular weight excluding hydrogens is 250 g/mol. The van der Waals surface area contributed by atoms with Crippen LogP contribution in [-0.4, -0.2) is 18.3 Å². The molecule has 1 unspecified atom stereocenters. The van der Waals surface area contributed by atoms with E-state index in [0.717, 1.165) is 29.2 Å². The third-order valence-electron chi connectivity index (χ3n) is 3.66. The lowest BCUT2D eigenvalue weighted by Gasteiger charge is -2.29. The normalized spacial score (nSPS) is 15.1. The van der Waals surface area contributed by atoms with Crippen LogP contribution in [0.15, 0.2) is 48.5 Å². The number of aliphatic hydroxyl groups excluding tert-OH is 1. The zero-order valence-electron chi connectivity index (χ0n) is 11.5. The first-order valence-corrected chi connectivity index (χ1v) is 6.99. The predicted molar refractivity (Wildman–Crippen MR) is 79.1 cm³/mol. The number of nitrogens with one attached hydrogen (secondary N) is 1. The van der Waals surface area contributed by atoms with Crippen molar-refractivity contribution >= 4 is 0 Å². The summed E-state index contributed by atoms with van der Waals surface area (Å²) in [5.74, 6) is 2.04. The van der Waals surface area contributed by atoms with Crippen molar-refractivity contribution in [2.24, 2.45) is 5.92 Å². The van der Waals surface area contributed by atoms with Gasteiger partial charge in [0, 0.05) is 24.3 Å². The maximum atomic E-state index is 9.19. The lowest BCUT2D eigenvalue weighted by molar-refractivity contribution is 0.231. The molecule has 0 aromatic heterocycles. The lowest BCUT2D eigenvalue weighted by Crippen LogP contribution is -2.30. The van der Waals surface area contributed by atoms with Gasteiger partial charge in [0.25, 0.3) is 0 Å². The van der Waals surface area contributed by atoms with Crippen molar-refractivity contribution in [3.05, 3.63) is 59.7 Å². The minimum absolute atomic E-state index is 0.116. The Morgan fingerprint density at radius 2 is 1.60 bits per heavy atom. The summed E-state index contributed by atoms with van der Waals surface area (Å²) in [5.41, 5.74) is 2.30.